The van der Waals surface area contributed by atoms with Gasteiger partial charge in [-0.25, -0.2) is 0 Å². The Hall–Kier alpha value is -1.75. The summed E-state index contributed by atoms with van der Waals surface area (Å²) in [5, 5.41) is 12.4. The predicted molar refractivity (Wildman–Crippen MR) is 68.4 cm³/mol. The maximum Gasteiger partial charge on any atom is 0.102 e. The van der Waals surface area contributed by atoms with Gasteiger partial charge < -0.3 is 5.32 Å². The molecule has 16 heavy (non-hydrogen) atoms. The fourth-order valence-electron chi connectivity index (χ4n) is 1.64. The molecular formula is C14H18N2. The van der Waals surface area contributed by atoms with Crippen molar-refractivity contribution in [2.75, 3.05) is 5.32 Å². The first-order valence-corrected chi connectivity index (χ1v) is 5.56. The highest BCUT2D eigenvalue weighted by Gasteiger charge is 2.07. The average molecular weight is 214 g/mol. The monoisotopic (exact) mass is 214 g/mol. The van der Waals surface area contributed by atoms with Crippen LogP contribution in [0.5, 0.6) is 0 Å². The largest absolute Gasteiger partial charge is 0.382 e. The van der Waals surface area contributed by atoms with Gasteiger partial charge in [0.2, 0.25) is 0 Å². The molecule has 0 aliphatic heterocycles. The van der Waals surface area contributed by atoms with E-state index < -0.39 is 0 Å². The summed E-state index contributed by atoms with van der Waals surface area (Å²) >= 11 is 0. The number of aryl methyl sites for hydroxylation is 1. The molecule has 1 aromatic carbocycles. The van der Waals surface area contributed by atoms with Crippen LogP contribution in [-0.2, 0) is 0 Å². The van der Waals surface area contributed by atoms with Gasteiger partial charge in [-0.15, -0.1) is 6.58 Å². The van der Waals surface area contributed by atoms with Crippen LogP contribution in [-0.4, -0.2) is 6.04 Å². The zero-order valence-corrected chi connectivity index (χ0v) is 9.96. The normalized spacial score (nSPS) is 11.6. The van der Waals surface area contributed by atoms with E-state index in [1.54, 1.807) is 0 Å². The van der Waals surface area contributed by atoms with E-state index >= 15 is 0 Å². The Morgan fingerprint density at radius 2 is 2.31 bits per heavy atom. The summed E-state index contributed by atoms with van der Waals surface area (Å²) < 4.78 is 0. The number of rotatable bonds is 5. The van der Waals surface area contributed by atoms with Crippen LogP contribution in [0.25, 0.3) is 0 Å². The van der Waals surface area contributed by atoms with Crippen LogP contribution < -0.4 is 5.32 Å². The Bertz CT molecular complexity index is 402. The number of nitrogens with zero attached hydrogens (tertiary/aromatic N) is 1. The van der Waals surface area contributed by atoms with Crippen molar-refractivity contribution in [2.45, 2.75) is 32.7 Å². The number of hydrogen-bond acceptors (Lipinski definition) is 2. The van der Waals surface area contributed by atoms with Crippen molar-refractivity contribution in [1.82, 2.24) is 0 Å². The van der Waals surface area contributed by atoms with E-state index in [9.17, 15) is 0 Å². The van der Waals surface area contributed by atoms with Gasteiger partial charge in [0.05, 0.1) is 11.3 Å². The number of allylic oxidation sites excluding steroid dienone is 1. The summed E-state index contributed by atoms with van der Waals surface area (Å²) in [4.78, 5) is 0. The number of benzene rings is 1. The van der Waals surface area contributed by atoms with Gasteiger partial charge in [-0.2, -0.15) is 5.26 Å². The molecule has 1 N–H and O–H groups in total. The third-order valence-electron chi connectivity index (χ3n) is 2.59. The SMILES string of the molecule is C=CCCC(C)Nc1cccc(C)c1C#N. The number of hydrogen-bond donors (Lipinski definition) is 1. The molecule has 1 aromatic rings. The van der Waals surface area contributed by atoms with Gasteiger partial charge in [0.15, 0.2) is 0 Å². The summed E-state index contributed by atoms with van der Waals surface area (Å²) in [6, 6.07) is 8.48. The summed E-state index contributed by atoms with van der Waals surface area (Å²) in [7, 11) is 0. The van der Waals surface area contributed by atoms with Crippen molar-refractivity contribution >= 4 is 5.69 Å². The molecule has 2 heteroatoms. The second-order valence-electron chi connectivity index (χ2n) is 4.02. The van der Waals surface area contributed by atoms with Crippen molar-refractivity contribution < 1.29 is 0 Å². The highest BCUT2D eigenvalue weighted by molar-refractivity contribution is 5.60. The first-order valence-electron chi connectivity index (χ1n) is 5.56. The molecule has 0 spiro atoms. The first-order chi connectivity index (χ1) is 7.69. The van der Waals surface area contributed by atoms with Gasteiger partial charge in [-0.3, -0.25) is 0 Å². The van der Waals surface area contributed by atoms with Crippen LogP contribution >= 0.6 is 0 Å². The Kier molecular flexibility index (Phi) is 4.60. The van der Waals surface area contributed by atoms with Crippen LogP contribution in [0, 0.1) is 18.3 Å². The maximum atomic E-state index is 9.08. The number of anilines is 1. The third kappa shape index (κ3) is 3.13. The van der Waals surface area contributed by atoms with E-state index in [2.05, 4.69) is 24.9 Å². The van der Waals surface area contributed by atoms with E-state index in [1.807, 2.05) is 31.2 Å². The molecule has 0 saturated heterocycles. The Labute approximate surface area is 97.6 Å². The van der Waals surface area contributed by atoms with E-state index in [0.29, 0.717) is 6.04 Å². The standard InChI is InChI=1S/C14H18N2/c1-4-5-8-12(3)16-14-9-6-7-11(2)13(14)10-15/h4,6-7,9,12,16H,1,5,8H2,2-3H3. The Morgan fingerprint density at radius 3 is 2.94 bits per heavy atom. The first kappa shape index (κ1) is 12.3. The van der Waals surface area contributed by atoms with Gasteiger partial charge >= 0.3 is 0 Å². The van der Waals surface area contributed by atoms with E-state index in [1.165, 1.54) is 0 Å². The smallest absolute Gasteiger partial charge is 0.102 e. The minimum absolute atomic E-state index is 0.354. The molecule has 2 nitrogen and oxygen atoms in total. The van der Waals surface area contributed by atoms with Crippen LogP contribution in [0.3, 0.4) is 0 Å². The molecule has 0 bridgehead atoms. The van der Waals surface area contributed by atoms with E-state index in [4.69, 9.17) is 5.26 Å². The molecule has 1 unspecified atom stereocenters. The number of nitrogens with one attached hydrogen (secondary N) is 1. The molecule has 0 radical (unpaired) electrons. The quantitative estimate of drug-likeness (QED) is 0.760. The topological polar surface area (TPSA) is 35.8 Å². The molecule has 0 amide bonds. The van der Waals surface area contributed by atoms with Gasteiger partial charge in [-0.05, 0) is 38.3 Å². The molecule has 0 saturated carbocycles. The summed E-state index contributed by atoms with van der Waals surface area (Å²) in [5.74, 6) is 0. The Balaban J connectivity index is 2.77. The zero-order chi connectivity index (χ0) is 12.0. The molecular weight excluding hydrogens is 196 g/mol. The molecule has 0 fully saturated rings. The number of nitriles is 1. The second kappa shape index (κ2) is 5.97. The molecule has 0 aliphatic carbocycles. The van der Waals surface area contributed by atoms with Crippen LogP contribution in [0.15, 0.2) is 30.9 Å². The lowest BCUT2D eigenvalue weighted by molar-refractivity contribution is 0.718. The lowest BCUT2D eigenvalue weighted by Gasteiger charge is -2.16. The van der Waals surface area contributed by atoms with Gasteiger partial charge in [0, 0.05) is 6.04 Å². The van der Waals surface area contributed by atoms with E-state index in [-0.39, 0.29) is 0 Å². The third-order valence-corrected chi connectivity index (χ3v) is 2.59. The highest BCUT2D eigenvalue weighted by Crippen LogP contribution is 2.19. The van der Waals surface area contributed by atoms with Crippen molar-refractivity contribution in [2.24, 2.45) is 0 Å². The lowest BCUT2D eigenvalue weighted by atomic mass is 10.1. The molecule has 0 aliphatic rings. The highest BCUT2D eigenvalue weighted by atomic mass is 14.9. The van der Waals surface area contributed by atoms with Crippen molar-refractivity contribution in [3.63, 3.8) is 0 Å². The fraction of sp³-hybridized carbons (Fsp3) is 0.357. The van der Waals surface area contributed by atoms with Crippen LogP contribution in [0.1, 0.15) is 30.9 Å². The molecule has 0 heterocycles. The van der Waals surface area contributed by atoms with E-state index in [0.717, 1.165) is 29.7 Å². The van der Waals surface area contributed by atoms with Gasteiger partial charge in [-0.1, -0.05) is 18.2 Å². The van der Waals surface area contributed by atoms with Gasteiger partial charge in [0.1, 0.15) is 6.07 Å². The summed E-state index contributed by atoms with van der Waals surface area (Å²) in [5.41, 5.74) is 2.69. The lowest BCUT2D eigenvalue weighted by Crippen LogP contribution is -2.15. The minimum atomic E-state index is 0.354. The Morgan fingerprint density at radius 1 is 1.56 bits per heavy atom. The second-order valence-corrected chi connectivity index (χ2v) is 4.02. The van der Waals surface area contributed by atoms with Gasteiger partial charge in [0.25, 0.3) is 0 Å². The summed E-state index contributed by atoms with van der Waals surface area (Å²) in [6.07, 6.45) is 3.93. The molecule has 1 rings (SSSR count). The van der Waals surface area contributed by atoms with Crippen LogP contribution in [0.2, 0.25) is 0 Å². The molecule has 1 atom stereocenters. The zero-order valence-electron chi connectivity index (χ0n) is 9.96. The van der Waals surface area contributed by atoms with Crippen molar-refractivity contribution in [3.8, 4) is 6.07 Å². The minimum Gasteiger partial charge on any atom is -0.382 e. The van der Waals surface area contributed by atoms with Crippen molar-refractivity contribution in [1.29, 1.82) is 5.26 Å². The predicted octanol–water partition coefficient (Wildman–Crippen LogP) is 3.63. The average Bonchev–Trinajstić information content (AvgIpc) is 2.27. The molecule has 84 valence electrons. The van der Waals surface area contributed by atoms with Crippen LogP contribution in [0.4, 0.5) is 5.69 Å². The van der Waals surface area contributed by atoms with Crippen molar-refractivity contribution in [3.05, 3.63) is 42.0 Å². The molecule has 0 aromatic heterocycles. The summed E-state index contributed by atoms with van der Waals surface area (Å²) in [6.45, 7) is 7.78. The fourth-order valence-corrected chi connectivity index (χ4v) is 1.64. The maximum absolute atomic E-state index is 9.08.